The van der Waals surface area contributed by atoms with Crippen molar-refractivity contribution >= 4 is 27.4 Å². The molecule has 2 fully saturated rings. The molecule has 7 heteroatoms. The van der Waals surface area contributed by atoms with Crippen LogP contribution in [0.2, 0.25) is 0 Å². The van der Waals surface area contributed by atoms with Crippen molar-refractivity contribution in [1.82, 2.24) is 9.97 Å². The number of quaternary nitrogens is 2. The van der Waals surface area contributed by atoms with Gasteiger partial charge in [0.25, 0.3) is 0 Å². The fourth-order valence-corrected chi connectivity index (χ4v) is 6.01. The molecule has 4 heterocycles. The molecule has 32 heavy (non-hydrogen) atoms. The Morgan fingerprint density at radius 3 is 2.44 bits per heavy atom. The first-order valence-corrected chi connectivity index (χ1v) is 12.8. The largest absolute Gasteiger partial charge is 0.370 e. The molecule has 0 spiro atoms. The summed E-state index contributed by atoms with van der Waals surface area (Å²) in [6.07, 6.45) is 2.36. The Labute approximate surface area is 194 Å². The van der Waals surface area contributed by atoms with Crippen molar-refractivity contribution in [3.8, 4) is 0 Å². The lowest BCUT2D eigenvalue weighted by atomic mass is 10.0. The van der Waals surface area contributed by atoms with Crippen molar-refractivity contribution in [3.05, 3.63) is 52.2 Å². The summed E-state index contributed by atoms with van der Waals surface area (Å²) in [7, 11) is 0. The molecule has 170 valence electrons. The van der Waals surface area contributed by atoms with Gasteiger partial charge in [-0.2, -0.15) is 0 Å². The Bertz CT molecular complexity index is 1040. The smallest absolute Gasteiger partial charge is 0.187 e. The predicted molar refractivity (Wildman–Crippen MR) is 130 cm³/mol. The Balaban J connectivity index is 1.29. The van der Waals surface area contributed by atoms with Crippen LogP contribution in [0.25, 0.3) is 10.2 Å². The molecule has 2 aliphatic heterocycles. The highest BCUT2D eigenvalue weighted by Gasteiger charge is 2.25. The molecule has 0 amide bonds. The van der Waals surface area contributed by atoms with Gasteiger partial charge in [0, 0.05) is 29.3 Å². The van der Waals surface area contributed by atoms with Gasteiger partial charge in [-0.25, -0.2) is 9.97 Å². The molecule has 0 aliphatic carbocycles. The second kappa shape index (κ2) is 9.83. The SMILES string of the molecule is Cc1sc2nc(C[NH+]3CCOCC3)nc(NC3CC[NH+](Cc4ccccc4)CC3)c2c1C. The lowest BCUT2D eigenvalue weighted by Gasteiger charge is -2.30. The molecule has 5 rings (SSSR count). The van der Waals surface area contributed by atoms with E-state index >= 15 is 0 Å². The number of hydrogen-bond acceptors (Lipinski definition) is 5. The van der Waals surface area contributed by atoms with Crippen LogP contribution in [0.15, 0.2) is 30.3 Å². The van der Waals surface area contributed by atoms with Gasteiger partial charge in [0.1, 0.15) is 36.8 Å². The van der Waals surface area contributed by atoms with E-state index in [4.69, 9.17) is 14.7 Å². The third kappa shape index (κ3) is 4.96. The molecule has 0 unspecified atom stereocenters. The molecule has 3 aromatic rings. The molecule has 0 saturated carbocycles. The monoisotopic (exact) mass is 453 g/mol. The van der Waals surface area contributed by atoms with E-state index in [0.717, 1.165) is 55.9 Å². The average Bonchev–Trinajstić information content (AvgIpc) is 3.10. The molecule has 6 nitrogen and oxygen atoms in total. The van der Waals surface area contributed by atoms with Gasteiger partial charge < -0.3 is 19.9 Å². The highest BCUT2D eigenvalue weighted by atomic mass is 32.1. The maximum absolute atomic E-state index is 5.52. The molecule has 2 saturated heterocycles. The molecular weight excluding hydrogens is 418 g/mol. The average molecular weight is 454 g/mol. The van der Waals surface area contributed by atoms with Gasteiger partial charge in [0.05, 0.1) is 31.7 Å². The number of morpholine rings is 1. The van der Waals surface area contributed by atoms with Crippen molar-refractivity contribution in [1.29, 1.82) is 0 Å². The van der Waals surface area contributed by atoms with Gasteiger partial charge in [-0.05, 0) is 19.4 Å². The maximum atomic E-state index is 5.52. The molecule has 2 aliphatic rings. The minimum absolute atomic E-state index is 0.482. The zero-order valence-corrected chi connectivity index (χ0v) is 20.1. The van der Waals surface area contributed by atoms with Crippen LogP contribution in [-0.4, -0.2) is 55.4 Å². The Kier molecular flexibility index (Phi) is 6.69. The quantitative estimate of drug-likeness (QED) is 0.528. The van der Waals surface area contributed by atoms with E-state index < -0.39 is 0 Å². The summed E-state index contributed by atoms with van der Waals surface area (Å²) in [6.45, 7) is 12.6. The topological polar surface area (TPSA) is 55.9 Å². The van der Waals surface area contributed by atoms with Crippen LogP contribution >= 0.6 is 11.3 Å². The number of anilines is 1. The number of thiophene rings is 1. The van der Waals surface area contributed by atoms with Crippen molar-refractivity contribution in [2.24, 2.45) is 0 Å². The summed E-state index contributed by atoms with van der Waals surface area (Å²) in [5, 5.41) is 5.08. The number of aromatic nitrogens is 2. The zero-order valence-electron chi connectivity index (χ0n) is 19.2. The lowest BCUT2D eigenvalue weighted by molar-refractivity contribution is -0.922. The van der Waals surface area contributed by atoms with E-state index in [9.17, 15) is 0 Å². The minimum Gasteiger partial charge on any atom is -0.370 e. The number of rotatable bonds is 6. The Morgan fingerprint density at radius 2 is 1.69 bits per heavy atom. The van der Waals surface area contributed by atoms with Gasteiger partial charge in [-0.15, -0.1) is 11.3 Å². The van der Waals surface area contributed by atoms with E-state index in [0.29, 0.717) is 6.04 Å². The van der Waals surface area contributed by atoms with E-state index in [1.807, 2.05) is 0 Å². The first kappa shape index (κ1) is 21.8. The molecule has 2 aromatic heterocycles. The minimum atomic E-state index is 0.482. The normalized spacial score (nSPS) is 22.3. The highest BCUT2D eigenvalue weighted by molar-refractivity contribution is 7.18. The van der Waals surface area contributed by atoms with Gasteiger partial charge in [0.15, 0.2) is 5.82 Å². The molecule has 0 radical (unpaired) electrons. The van der Waals surface area contributed by atoms with Crippen molar-refractivity contribution in [2.75, 3.05) is 44.7 Å². The van der Waals surface area contributed by atoms with E-state index in [-0.39, 0.29) is 0 Å². The van der Waals surface area contributed by atoms with E-state index in [1.54, 1.807) is 16.2 Å². The zero-order chi connectivity index (χ0) is 21.9. The van der Waals surface area contributed by atoms with Crippen LogP contribution in [0, 0.1) is 13.8 Å². The van der Waals surface area contributed by atoms with Crippen molar-refractivity contribution in [2.45, 2.75) is 45.8 Å². The first-order chi connectivity index (χ1) is 15.7. The van der Waals surface area contributed by atoms with Gasteiger partial charge in [0.2, 0.25) is 0 Å². The predicted octanol–water partition coefficient (Wildman–Crippen LogP) is 1.38. The number of nitrogens with zero attached hydrogens (tertiary/aromatic N) is 2. The number of aryl methyl sites for hydroxylation is 2. The molecule has 0 bridgehead atoms. The summed E-state index contributed by atoms with van der Waals surface area (Å²) in [6, 6.07) is 11.4. The van der Waals surface area contributed by atoms with Crippen LogP contribution in [0.1, 0.15) is 34.7 Å². The number of hydrogen-bond donors (Lipinski definition) is 3. The standard InChI is InChI=1S/C25H33N5OS/c1-18-19(2)32-25-23(18)24(27-22(28-25)17-30-12-14-31-15-13-30)26-21-8-10-29(11-9-21)16-20-6-4-3-5-7-20/h3-7,21H,8-17H2,1-2H3,(H,26,27,28)/p+2. The maximum Gasteiger partial charge on any atom is 0.187 e. The summed E-state index contributed by atoms with van der Waals surface area (Å²) < 4.78 is 5.52. The second-order valence-corrected chi connectivity index (χ2v) is 10.5. The van der Waals surface area contributed by atoms with Gasteiger partial charge >= 0.3 is 0 Å². The number of likely N-dealkylation sites (tertiary alicyclic amines) is 1. The Morgan fingerprint density at radius 1 is 0.969 bits per heavy atom. The summed E-state index contributed by atoms with van der Waals surface area (Å²) in [5.74, 6) is 2.02. The van der Waals surface area contributed by atoms with Crippen LogP contribution in [-0.2, 0) is 17.8 Å². The molecule has 1 aromatic carbocycles. The molecular formula is C25H35N5OS+2. The fourth-order valence-electron chi connectivity index (χ4n) is 4.96. The summed E-state index contributed by atoms with van der Waals surface area (Å²) >= 11 is 1.80. The van der Waals surface area contributed by atoms with E-state index in [1.165, 1.54) is 52.2 Å². The number of benzene rings is 1. The fraction of sp³-hybridized carbons (Fsp3) is 0.520. The number of ether oxygens (including phenoxy) is 1. The summed E-state index contributed by atoms with van der Waals surface area (Å²) in [4.78, 5) is 15.7. The van der Waals surface area contributed by atoms with Crippen LogP contribution in [0.3, 0.4) is 0 Å². The van der Waals surface area contributed by atoms with Gasteiger partial charge in [-0.3, -0.25) is 0 Å². The number of fused-ring (bicyclic) bond motifs is 1. The van der Waals surface area contributed by atoms with Crippen LogP contribution in [0.5, 0.6) is 0 Å². The first-order valence-electron chi connectivity index (χ1n) is 12.0. The molecule has 0 atom stereocenters. The van der Waals surface area contributed by atoms with Crippen LogP contribution in [0.4, 0.5) is 5.82 Å². The second-order valence-electron chi connectivity index (χ2n) is 9.32. The van der Waals surface area contributed by atoms with E-state index in [2.05, 4.69) is 49.5 Å². The number of nitrogens with one attached hydrogen (secondary N) is 3. The van der Waals surface area contributed by atoms with Crippen LogP contribution < -0.4 is 15.1 Å². The summed E-state index contributed by atoms with van der Waals surface area (Å²) in [5.41, 5.74) is 2.76. The lowest BCUT2D eigenvalue weighted by Crippen LogP contribution is -3.12. The van der Waals surface area contributed by atoms with Crippen molar-refractivity contribution in [3.63, 3.8) is 0 Å². The number of piperidine rings is 1. The van der Waals surface area contributed by atoms with Crippen molar-refractivity contribution < 1.29 is 14.5 Å². The molecule has 3 N–H and O–H groups in total. The third-order valence-electron chi connectivity index (χ3n) is 7.01. The highest BCUT2D eigenvalue weighted by Crippen LogP contribution is 2.33. The van der Waals surface area contributed by atoms with Gasteiger partial charge in [-0.1, -0.05) is 30.3 Å². The third-order valence-corrected chi connectivity index (χ3v) is 8.11. The Hall–Kier alpha value is -2.06.